The molecule has 0 saturated carbocycles. The highest BCUT2D eigenvalue weighted by atomic mass is 35.5. The molecule has 3 heteroatoms. The summed E-state index contributed by atoms with van der Waals surface area (Å²) < 4.78 is 0. The van der Waals surface area contributed by atoms with E-state index in [1.165, 1.54) is 0 Å². The third kappa shape index (κ3) is 1.91. The maximum atomic E-state index is 9.18. The summed E-state index contributed by atoms with van der Waals surface area (Å²) >= 11 is 5.77. The molecule has 60 valence electrons. The van der Waals surface area contributed by atoms with Crippen molar-refractivity contribution in [1.82, 2.24) is 4.98 Å². The van der Waals surface area contributed by atoms with Gasteiger partial charge >= 0.3 is 0 Å². The van der Waals surface area contributed by atoms with E-state index in [0.717, 1.165) is 5.69 Å². The van der Waals surface area contributed by atoms with Crippen molar-refractivity contribution in [1.29, 1.82) is 0 Å². The zero-order valence-electron chi connectivity index (χ0n) is 6.50. The van der Waals surface area contributed by atoms with Gasteiger partial charge < -0.3 is 5.11 Å². The van der Waals surface area contributed by atoms with Crippen LogP contribution in [0.3, 0.4) is 0 Å². The van der Waals surface area contributed by atoms with Gasteiger partial charge in [-0.3, -0.25) is 4.98 Å². The second-order valence-electron chi connectivity index (χ2n) is 2.50. The number of hydrogen-bond donors (Lipinski definition) is 1. The standard InChI is InChI=1S/C8H10ClNO/c1-5-3-4-7(9)8(10-5)6(2)11/h3-4,6,11H,1-2H3. The Morgan fingerprint density at radius 3 is 2.64 bits per heavy atom. The molecule has 1 rings (SSSR count). The molecule has 1 atom stereocenters. The Morgan fingerprint density at radius 1 is 1.55 bits per heavy atom. The lowest BCUT2D eigenvalue weighted by Gasteiger charge is -2.05. The molecule has 0 saturated heterocycles. The van der Waals surface area contributed by atoms with Gasteiger partial charge in [-0.2, -0.15) is 0 Å². The molecule has 1 unspecified atom stereocenters. The number of halogens is 1. The monoisotopic (exact) mass is 171 g/mol. The van der Waals surface area contributed by atoms with E-state index in [0.29, 0.717) is 10.7 Å². The number of pyridine rings is 1. The maximum absolute atomic E-state index is 9.18. The molecular formula is C8H10ClNO. The topological polar surface area (TPSA) is 33.1 Å². The van der Waals surface area contributed by atoms with Crippen molar-refractivity contribution in [2.24, 2.45) is 0 Å². The highest BCUT2D eigenvalue weighted by molar-refractivity contribution is 6.31. The van der Waals surface area contributed by atoms with Crippen LogP contribution in [-0.4, -0.2) is 10.1 Å². The van der Waals surface area contributed by atoms with Crippen LogP contribution in [0.15, 0.2) is 12.1 Å². The van der Waals surface area contributed by atoms with E-state index in [9.17, 15) is 5.11 Å². The Kier molecular flexibility index (Phi) is 2.47. The van der Waals surface area contributed by atoms with Gasteiger partial charge in [0.25, 0.3) is 0 Å². The predicted octanol–water partition coefficient (Wildman–Crippen LogP) is 2.10. The molecule has 0 aliphatic heterocycles. The Bertz CT molecular complexity index is 260. The van der Waals surface area contributed by atoms with E-state index in [1.807, 2.05) is 13.0 Å². The Labute approximate surface area is 70.8 Å². The summed E-state index contributed by atoms with van der Waals surface area (Å²) in [6.07, 6.45) is -0.595. The molecule has 2 nitrogen and oxygen atoms in total. The highest BCUT2D eigenvalue weighted by Crippen LogP contribution is 2.20. The van der Waals surface area contributed by atoms with Crippen molar-refractivity contribution in [3.8, 4) is 0 Å². The third-order valence-electron chi connectivity index (χ3n) is 1.41. The lowest BCUT2D eigenvalue weighted by molar-refractivity contribution is 0.194. The summed E-state index contributed by atoms with van der Waals surface area (Å²) in [5, 5.41) is 9.70. The summed E-state index contributed by atoms with van der Waals surface area (Å²) in [5.74, 6) is 0. The number of aliphatic hydroxyl groups excluding tert-OH is 1. The second kappa shape index (κ2) is 3.20. The van der Waals surface area contributed by atoms with Gasteiger partial charge in [0.15, 0.2) is 0 Å². The van der Waals surface area contributed by atoms with Crippen LogP contribution in [0.25, 0.3) is 0 Å². The number of hydrogen-bond acceptors (Lipinski definition) is 2. The van der Waals surface area contributed by atoms with Gasteiger partial charge in [-0.15, -0.1) is 0 Å². The first-order chi connectivity index (χ1) is 5.11. The minimum atomic E-state index is -0.595. The number of aryl methyl sites for hydroxylation is 1. The van der Waals surface area contributed by atoms with Crippen LogP contribution < -0.4 is 0 Å². The zero-order valence-corrected chi connectivity index (χ0v) is 7.26. The highest BCUT2D eigenvalue weighted by Gasteiger charge is 2.07. The van der Waals surface area contributed by atoms with Crippen molar-refractivity contribution in [3.63, 3.8) is 0 Å². The molecule has 0 fully saturated rings. The van der Waals surface area contributed by atoms with Crippen molar-refractivity contribution in [3.05, 3.63) is 28.5 Å². The number of nitrogens with zero attached hydrogens (tertiary/aromatic N) is 1. The minimum absolute atomic E-state index is 0.519. The molecule has 0 aromatic carbocycles. The van der Waals surface area contributed by atoms with E-state index in [-0.39, 0.29) is 0 Å². The largest absolute Gasteiger partial charge is 0.387 e. The first kappa shape index (κ1) is 8.50. The zero-order chi connectivity index (χ0) is 8.43. The van der Waals surface area contributed by atoms with Crippen LogP contribution in [-0.2, 0) is 0 Å². The van der Waals surface area contributed by atoms with Gasteiger partial charge in [0.05, 0.1) is 16.8 Å². The molecule has 0 aliphatic carbocycles. The fourth-order valence-electron chi connectivity index (χ4n) is 0.853. The first-order valence-corrected chi connectivity index (χ1v) is 3.80. The van der Waals surface area contributed by atoms with E-state index in [4.69, 9.17) is 11.6 Å². The maximum Gasteiger partial charge on any atom is 0.0947 e. The van der Waals surface area contributed by atoms with Gasteiger partial charge in [0.1, 0.15) is 0 Å². The number of aromatic nitrogens is 1. The third-order valence-corrected chi connectivity index (χ3v) is 1.73. The molecule has 1 aromatic rings. The fourth-order valence-corrected chi connectivity index (χ4v) is 1.12. The van der Waals surface area contributed by atoms with Crippen molar-refractivity contribution in [2.75, 3.05) is 0 Å². The lowest BCUT2D eigenvalue weighted by Crippen LogP contribution is -1.97. The molecule has 0 radical (unpaired) electrons. The summed E-state index contributed by atoms with van der Waals surface area (Å²) in [7, 11) is 0. The van der Waals surface area contributed by atoms with E-state index >= 15 is 0 Å². The number of aliphatic hydroxyl groups is 1. The average molecular weight is 172 g/mol. The molecule has 0 spiro atoms. The molecule has 1 N–H and O–H groups in total. The van der Waals surface area contributed by atoms with Gasteiger partial charge in [-0.25, -0.2) is 0 Å². The average Bonchev–Trinajstić information content (AvgIpc) is 1.94. The van der Waals surface area contributed by atoms with E-state index in [2.05, 4.69) is 4.98 Å². The summed E-state index contributed by atoms with van der Waals surface area (Å²) in [6.45, 7) is 3.51. The van der Waals surface area contributed by atoms with Crippen LogP contribution >= 0.6 is 11.6 Å². The quantitative estimate of drug-likeness (QED) is 0.702. The van der Waals surface area contributed by atoms with Crippen LogP contribution in [0.5, 0.6) is 0 Å². The minimum Gasteiger partial charge on any atom is -0.387 e. The van der Waals surface area contributed by atoms with Crippen LogP contribution in [0.1, 0.15) is 24.4 Å². The van der Waals surface area contributed by atoms with Gasteiger partial charge in [0.2, 0.25) is 0 Å². The molecule has 0 aliphatic rings. The summed E-state index contributed by atoms with van der Waals surface area (Å²) in [6, 6.07) is 3.56. The lowest BCUT2D eigenvalue weighted by atomic mass is 10.2. The van der Waals surface area contributed by atoms with Gasteiger partial charge in [-0.1, -0.05) is 11.6 Å². The summed E-state index contributed by atoms with van der Waals surface area (Å²) in [4.78, 5) is 4.09. The summed E-state index contributed by atoms with van der Waals surface area (Å²) in [5.41, 5.74) is 1.41. The SMILES string of the molecule is Cc1ccc(Cl)c(C(C)O)n1. The molecule has 0 amide bonds. The molecule has 11 heavy (non-hydrogen) atoms. The predicted molar refractivity (Wildman–Crippen MR) is 44.6 cm³/mol. The Morgan fingerprint density at radius 2 is 2.18 bits per heavy atom. The number of rotatable bonds is 1. The van der Waals surface area contributed by atoms with E-state index < -0.39 is 6.10 Å². The van der Waals surface area contributed by atoms with Gasteiger partial charge in [0, 0.05) is 5.69 Å². The normalized spacial score (nSPS) is 13.1. The van der Waals surface area contributed by atoms with Crippen LogP contribution in [0, 0.1) is 6.92 Å². The van der Waals surface area contributed by atoms with Crippen LogP contribution in [0.4, 0.5) is 0 Å². The molecular weight excluding hydrogens is 162 g/mol. The van der Waals surface area contributed by atoms with Crippen LogP contribution in [0.2, 0.25) is 5.02 Å². The van der Waals surface area contributed by atoms with Gasteiger partial charge in [-0.05, 0) is 26.0 Å². The first-order valence-electron chi connectivity index (χ1n) is 3.42. The smallest absolute Gasteiger partial charge is 0.0947 e. The Balaban J connectivity index is 3.13. The molecule has 1 aromatic heterocycles. The van der Waals surface area contributed by atoms with Crippen molar-refractivity contribution < 1.29 is 5.11 Å². The van der Waals surface area contributed by atoms with Crippen molar-refractivity contribution in [2.45, 2.75) is 20.0 Å². The van der Waals surface area contributed by atoms with Crippen molar-refractivity contribution >= 4 is 11.6 Å². The second-order valence-corrected chi connectivity index (χ2v) is 2.90. The molecule has 0 bridgehead atoms. The Hall–Kier alpha value is -0.600. The van der Waals surface area contributed by atoms with E-state index in [1.54, 1.807) is 13.0 Å². The molecule has 1 heterocycles. The fraction of sp³-hybridized carbons (Fsp3) is 0.375.